The lowest BCUT2D eigenvalue weighted by Crippen LogP contribution is -2.31. The fraction of sp³-hybridized carbons (Fsp3) is 0.909. The summed E-state index contributed by atoms with van der Waals surface area (Å²) in [5.41, 5.74) is 0.0000926. The molecule has 2 heteroatoms. The van der Waals surface area contributed by atoms with Crippen LogP contribution in [0.15, 0.2) is 0 Å². The molecule has 0 radical (unpaired) electrons. The molecule has 4 fully saturated rings. The first-order chi connectivity index (χ1) is 6.36. The lowest BCUT2D eigenvalue weighted by Gasteiger charge is -2.25. The van der Waals surface area contributed by atoms with Gasteiger partial charge in [0.1, 0.15) is 0 Å². The topological polar surface area (TPSA) is 33.0 Å². The lowest BCUT2D eigenvalue weighted by molar-refractivity contribution is -0.00274. The number of fused-ring (bicyclic) bond motifs is 2. The monoisotopic (exact) mass is 175 g/mol. The molecule has 0 aromatic carbocycles. The lowest BCUT2D eigenvalue weighted by atomic mass is 9.86. The molecule has 0 amide bonds. The van der Waals surface area contributed by atoms with Gasteiger partial charge in [0.2, 0.25) is 0 Å². The standard InChI is InChI=1S/C11H13NO/c1-2-13-10-8-5-3-6-9(7(5)8)11(6,10)4-12/h5-10H,2-3H2,1H3. The second-order valence-corrected chi connectivity index (χ2v) is 5.11. The fourth-order valence-electron chi connectivity index (χ4n) is 4.78. The van der Waals surface area contributed by atoms with Gasteiger partial charge in [-0.25, -0.2) is 0 Å². The van der Waals surface area contributed by atoms with Crippen molar-refractivity contribution in [1.29, 1.82) is 5.26 Å². The van der Waals surface area contributed by atoms with Crippen LogP contribution in [0, 0.1) is 46.3 Å². The first-order valence-corrected chi connectivity index (χ1v) is 5.39. The highest BCUT2D eigenvalue weighted by Gasteiger charge is 2.91. The average Bonchev–Trinajstić information content (AvgIpc) is 2.94. The second-order valence-electron chi connectivity index (χ2n) is 5.11. The summed E-state index contributed by atoms with van der Waals surface area (Å²) in [5, 5.41) is 9.27. The number of ether oxygens (including phenoxy) is 1. The van der Waals surface area contributed by atoms with Gasteiger partial charge in [-0.1, -0.05) is 0 Å². The van der Waals surface area contributed by atoms with Crippen LogP contribution in [0.1, 0.15) is 13.3 Å². The minimum absolute atomic E-state index is 0.0000926. The van der Waals surface area contributed by atoms with Crippen molar-refractivity contribution in [2.75, 3.05) is 6.61 Å². The molecule has 0 N–H and O–H groups in total. The van der Waals surface area contributed by atoms with Crippen molar-refractivity contribution in [3.05, 3.63) is 0 Å². The zero-order valence-corrected chi connectivity index (χ0v) is 7.73. The molecule has 7 atom stereocenters. The van der Waals surface area contributed by atoms with E-state index in [0.717, 1.165) is 36.2 Å². The molecular formula is C11H13NO. The van der Waals surface area contributed by atoms with E-state index < -0.39 is 0 Å². The van der Waals surface area contributed by atoms with E-state index in [0.29, 0.717) is 6.10 Å². The number of nitriles is 1. The molecule has 4 aliphatic carbocycles. The molecule has 2 nitrogen and oxygen atoms in total. The van der Waals surface area contributed by atoms with E-state index in [9.17, 15) is 5.26 Å². The third-order valence-corrected chi connectivity index (χ3v) is 5.08. The summed E-state index contributed by atoms with van der Waals surface area (Å²) in [6, 6.07) is 2.57. The van der Waals surface area contributed by atoms with Crippen molar-refractivity contribution < 1.29 is 4.74 Å². The molecule has 0 spiro atoms. The minimum Gasteiger partial charge on any atom is -0.377 e. The summed E-state index contributed by atoms with van der Waals surface area (Å²) < 4.78 is 5.78. The van der Waals surface area contributed by atoms with E-state index >= 15 is 0 Å². The van der Waals surface area contributed by atoms with Crippen LogP contribution in [-0.2, 0) is 4.74 Å². The zero-order chi connectivity index (χ0) is 8.79. The summed E-state index contributed by atoms with van der Waals surface area (Å²) >= 11 is 0. The van der Waals surface area contributed by atoms with E-state index in [1.54, 1.807) is 0 Å². The van der Waals surface area contributed by atoms with Gasteiger partial charge in [0.25, 0.3) is 0 Å². The van der Waals surface area contributed by atoms with Gasteiger partial charge in [0.15, 0.2) is 0 Å². The Balaban J connectivity index is 1.76. The molecule has 4 rings (SSSR count). The van der Waals surface area contributed by atoms with Crippen LogP contribution in [0.25, 0.3) is 0 Å². The van der Waals surface area contributed by atoms with Crippen LogP contribution >= 0.6 is 0 Å². The molecule has 0 aromatic heterocycles. The molecule has 4 aliphatic rings. The quantitative estimate of drug-likeness (QED) is 0.636. The average molecular weight is 175 g/mol. The van der Waals surface area contributed by atoms with Crippen molar-refractivity contribution in [2.24, 2.45) is 35.0 Å². The third-order valence-electron chi connectivity index (χ3n) is 5.08. The predicted molar refractivity (Wildman–Crippen MR) is 45.5 cm³/mol. The Labute approximate surface area is 77.9 Å². The van der Waals surface area contributed by atoms with Crippen molar-refractivity contribution in [1.82, 2.24) is 0 Å². The first-order valence-electron chi connectivity index (χ1n) is 5.39. The van der Waals surface area contributed by atoms with Gasteiger partial charge >= 0.3 is 0 Å². The first kappa shape index (κ1) is 6.84. The van der Waals surface area contributed by atoms with Gasteiger partial charge in [-0.05, 0) is 42.9 Å². The van der Waals surface area contributed by atoms with Crippen LogP contribution < -0.4 is 0 Å². The number of hydrogen-bond acceptors (Lipinski definition) is 2. The van der Waals surface area contributed by atoms with Crippen LogP contribution in [0.3, 0.4) is 0 Å². The van der Waals surface area contributed by atoms with Crippen molar-refractivity contribution in [3.8, 4) is 6.07 Å². The van der Waals surface area contributed by atoms with Crippen molar-refractivity contribution in [2.45, 2.75) is 19.4 Å². The smallest absolute Gasteiger partial charge is 0.0903 e. The van der Waals surface area contributed by atoms with Crippen LogP contribution in [0.4, 0.5) is 0 Å². The molecule has 0 aliphatic heterocycles. The molecule has 4 saturated carbocycles. The Morgan fingerprint density at radius 3 is 3.00 bits per heavy atom. The molecule has 7 unspecified atom stereocenters. The van der Waals surface area contributed by atoms with Crippen LogP contribution in [0.2, 0.25) is 0 Å². The maximum absolute atomic E-state index is 9.27. The van der Waals surface area contributed by atoms with Gasteiger partial charge in [0, 0.05) is 6.61 Å². The summed E-state index contributed by atoms with van der Waals surface area (Å²) in [6.07, 6.45) is 1.66. The highest BCUT2D eigenvalue weighted by atomic mass is 16.5. The van der Waals surface area contributed by atoms with E-state index in [2.05, 4.69) is 6.07 Å². The Morgan fingerprint density at radius 1 is 1.54 bits per heavy atom. The Kier molecular flexibility index (Phi) is 0.873. The molecule has 0 aromatic rings. The Morgan fingerprint density at radius 2 is 2.38 bits per heavy atom. The predicted octanol–water partition coefficient (Wildman–Crippen LogP) is 1.43. The Hall–Kier alpha value is -0.550. The second kappa shape index (κ2) is 1.66. The summed E-state index contributed by atoms with van der Waals surface area (Å²) in [5.74, 6) is 4.13. The molecule has 0 bridgehead atoms. The highest BCUT2D eigenvalue weighted by molar-refractivity contribution is 5.43. The maximum atomic E-state index is 9.27. The summed E-state index contributed by atoms with van der Waals surface area (Å²) in [6.45, 7) is 2.83. The summed E-state index contributed by atoms with van der Waals surface area (Å²) in [7, 11) is 0. The number of nitrogens with zero attached hydrogens (tertiary/aromatic N) is 1. The van der Waals surface area contributed by atoms with Gasteiger partial charge < -0.3 is 4.74 Å². The van der Waals surface area contributed by atoms with Crippen LogP contribution in [0.5, 0.6) is 0 Å². The maximum Gasteiger partial charge on any atom is 0.0903 e. The van der Waals surface area contributed by atoms with Crippen LogP contribution in [-0.4, -0.2) is 12.7 Å². The van der Waals surface area contributed by atoms with E-state index in [-0.39, 0.29) is 5.41 Å². The van der Waals surface area contributed by atoms with Gasteiger partial charge in [-0.2, -0.15) is 5.26 Å². The number of hydrogen-bond donors (Lipinski definition) is 0. The molecule has 13 heavy (non-hydrogen) atoms. The third kappa shape index (κ3) is 0.454. The SMILES string of the molecule is CCOC1C2C3CC4C(C32)C41C#N. The highest BCUT2D eigenvalue weighted by Crippen LogP contribution is 2.90. The molecule has 0 saturated heterocycles. The van der Waals surface area contributed by atoms with Crippen molar-refractivity contribution in [3.63, 3.8) is 0 Å². The van der Waals surface area contributed by atoms with Crippen molar-refractivity contribution >= 4 is 0 Å². The molecule has 68 valence electrons. The van der Waals surface area contributed by atoms with E-state index in [1.165, 1.54) is 6.42 Å². The molecule has 0 heterocycles. The van der Waals surface area contributed by atoms with Gasteiger partial charge in [0.05, 0.1) is 17.6 Å². The zero-order valence-electron chi connectivity index (χ0n) is 7.73. The fourth-order valence-corrected chi connectivity index (χ4v) is 4.78. The number of rotatable bonds is 2. The van der Waals surface area contributed by atoms with E-state index in [4.69, 9.17) is 4.74 Å². The van der Waals surface area contributed by atoms with Gasteiger partial charge in [-0.15, -0.1) is 0 Å². The molecular weight excluding hydrogens is 162 g/mol. The minimum atomic E-state index is 0.0000926. The largest absolute Gasteiger partial charge is 0.377 e. The van der Waals surface area contributed by atoms with Gasteiger partial charge in [-0.3, -0.25) is 0 Å². The normalized spacial score (nSPS) is 68.9. The summed E-state index contributed by atoms with van der Waals surface area (Å²) in [4.78, 5) is 0. The Bertz CT molecular complexity index is 333. The van der Waals surface area contributed by atoms with E-state index in [1.807, 2.05) is 6.92 Å².